The molecule has 0 saturated carbocycles. The van der Waals surface area contributed by atoms with Crippen LogP contribution in [-0.4, -0.2) is 16.9 Å². The van der Waals surface area contributed by atoms with Crippen molar-refractivity contribution in [3.63, 3.8) is 0 Å². The number of nitro benzene ring substituents is 1. The summed E-state index contributed by atoms with van der Waals surface area (Å²) in [6.07, 6.45) is 0.160. The van der Waals surface area contributed by atoms with Gasteiger partial charge in [-0.2, -0.15) is 0 Å². The third kappa shape index (κ3) is 4.01. The van der Waals surface area contributed by atoms with Gasteiger partial charge in [-0.15, -0.1) is 0 Å². The predicted molar refractivity (Wildman–Crippen MR) is 65.0 cm³/mol. The molecule has 0 radical (unpaired) electrons. The van der Waals surface area contributed by atoms with Crippen LogP contribution in [0.2, 0.25) is 5.02 Å². The van der Waals surface area contributed by atoms with Gasteiger partial charge >= 0.3 is 0 Å². The molecule has 0 saturated heterocycles. The monoisotopic (exact) mass is 257 g/mol. The highest BCUT2D eigenvalue weighted by Crippen LogP contribution is 2.26. The van der Waals surface area contributed by atoms with E-state index in [4.69, 9.17) is 17.3 Å². The fourth-order valence-electron chi connectivity index (χ4n) is 1.21. The molecule has 0 spiro atoms. The normalized spacial score (nSPS) is 11.9. The highest BCUT2D eigenvalue weighted by Gasteiger charge is 2.12. The average Bonchev–Trinajstić information content (AvgIpc) is 2.19. The molecule has 0 bridgehead atoms. The Bertz CT molecular complexity index is 448. The summed E-state index contributed by atoms with van der Waals surface area (Å²) < 4.78 is 0. The maximum Gasteiger partial charge on any atom is 0.271 e. The number of hydrogen-bond acceptors (Lipinski definition) is 4. The van der Waals surface area contributed by atoms with Crippen molar-refractivity contribution in [2.45, 2.75) is 19.4 Å². The molecule has 0 heterocycles. The van der Waals surface area contributed by atoms with E-state index in [1.54, 1.807) is 6.92 Å². The molecule has 0 fully saturated rings. The minimum Gasteiger partial charge on any atom is -0.327 e. The van der Waals surface area contributed by atoms with Gasteiger partial charge in [-0.05, 0) is 13.0 Å². The molecule has 1 aromatic carbocycles. The summed E-state index contributed by atoms with van der Waals surface area (Å²) in [5, 5.41) is 13.1. The molecule has 1 atom stereocenters. The molecular formula is C10H12ClN3O3. The van der Waals surface area contributed by atoms with E-state index in [9.17, 15) is 14.9 Å². The zero-order valence-corrected chi connectivity index (χ0v) is 9.90. The van der Waals surface area contributed by atoms with Crippen LogP contribution in [0.25, 0.3) is 0 Å². The molecule has 0 aliphatic heterocycles. The summed E-state index contributed by atoms with van der Waals surface area (Å²) in [5.74, 6) is -0.282. The first-order chi connectivity index (χ1) is 7.90. The Hall–Kier alpha value is -1.66. The summed E-state index contributed by atoms with van der Waals surface area (Å²) in [6.45, 7) is 1.71. The number of nitrogens with zero attached hydrogens (tertiary/aromatic N) is 1. The van der Waals surface area contributed by atoms with Crippen molar-refractivity contribution in [1.82, 2.24) is 0 Å². The number of nitrogens with two attached hydrogens (primary N) is 1. The lowest BCUT2D eigenvalue weighted by atomic mass is 10.2. The van der Waals surface area contributed by atoms with Crippen molar-refractivity contribution in [3.8, 4) is 0 Å². The number of nitro groups is 1. The topological polar surface area (TPSA) is 98.3 Å². The predicted octanol–water partition coefficient (Wildman–Crippen LogP) is 1.92. The first-order valence-electron chi connectivity index (χ1n) is 4.89. The van der Waals surface area contributed by atoms with Gasteiger partial charge in [0.2, 0.25) is 5.91 Å². The molecule has 1 amide bonds. The van der Waals surface area contributed by atoms with E-state index in [1.807, 2.05) is 0 Å². The van der Waals surface area contributed by atoms with E-state index in [0.717, 1.165) is 0 Å². The number of nitrogens with one attached hydrogen (secondary N) is 1. The summed E-state index contributed by atoms with van der Waals surface area (Å²) in [4.78, 5) is 21.3. The summed E-state index contributed by atoms with van der Waals surface area (Å²) in [6, 6.07) is 3.59. The zero-order valence-electron chi connectivity index (χ0n) is 9.14. The first-order valence-corrected chi connectivity index (χ1v) is 5.27. The smallest absolute Gasteiger partial charge is 0.271 e. The third-order valence-corrected chi connectivity index (χ3v) is 2.26. The fourth-order valence-corrected chi connectivity index (χ4v) is 1.43. The van der Waals surface area contributed by atoms with Crippen molar-refractivity contribution in [3.05, 3.63) is 33.3 Å². The number of anilines is 1. The second-order valence-electron chi connectivity index (χ2n) is 3.65. The SMILES string of the molecule is CC(N)CC(=O)Nc1ccc([N+](=O)[O-])cc1Cl. The van der Waals surface area contributed by atoms with Crippen molar-refractivity contribution >= 4 is 28.9 Å². The Balaban J connectivity index is 2.79. The number of benzene rings is 1. The van der Waals surface area contributed by atoms with Crippen LogP contribution in [0.3, 0.4) is 0 Å². The lowest BCUT2D eigenvalue weighted by Gasteiger charge is -2.08. The van der Waals surface area contributed by atoms with Crippen LogP contribution >= 0.6 is 11.6 Å². The van der Waals surface area contributed by atoms with E-state index in [1.165, 1.54) is 18.2 Å². The molecule has 1 aromatic rings. The zero-order chi connectivity index (χ0) is 13.0. The van der Waals surface area contributed by atoms with Gasteiger partial charge in [0.15, 0.2) is 0 Å². The molecule has 1 unspecified atom stereocenters. The first kappa shape index (κ1) is 13.4. The van der Waals surface area contributed by atoms with Gasteiger partial charge in [-0.3, -0.25) is 14.9 Å². The third-order valence-electron chi connectivity index (χ3n) is 1.94. The van der Waals surface area contributed by atoms with Crippen LogP contribution in [0.15, 0.2) is 18.2 Å². The minimum atomic E-state index is -0.556. The van der Waals surface area contributed by atoms with Crippen LogP contribution in [0, 0.1) is 10.1 Å². The number of carbonyl (C=O) groups excluding carboxylic acids is 1. The van der Waals surface area contributed by atoms with Crippen LogP contribution in [0.1, 0.15) is 13.3 Å². The molecular weight excluding hydrogens is 246 g/mol. The summed E-state index contributed by atoms with van der Waals surface area (Å²) in [7, 11) is 0. The van der Waals surface area contributed by atoms with E-state index in [0.29, 0.717) is 5.69 Å². The Labute approximate surface area is 103 Å². The van der Waals surface area contributed by atoms with Gasteiger partial charge in [0.1, 0.15) is 0 Å². The minimum absolute atomic E-state index is 0.122. The van der Waals surface area contributed by atoms with Crippen LogP contribution in [0.4, 0.5) is 11.4 Å². The van der Waals surface area contributed by atoms with Gasteiger partial charge in [-0.1, -0.05) is 11.6 Å². The number of amides is 1. The largest absolute Gasteiger partial charge is 0.327 e. The van der Waals surface area contributed by atoms with Crippen molar-refractivity contribution < 1.29 is 9.72 Å². The van der Waals surface area contributed by atoms with Crippen molar-refractivity contribution in [2.24, 2.45) is 5.73 Å². The summed E-state index contributed by atoms with van der Waals surface area (Å²) >= 11 is 5.80. The van der Waals surface area contributed by atoms with Crippen molar-refractivity contribution in [1.29, 1.82) is 0 Å². The molecule has 0 aromatic heterocycles. The quantitative estimate of drug-likeness (QED) is 0.636. The second kappa shape index (κ2) is 5.60. The van der Waals surface area contributed by atoms with Crippen molar-refractivity contribution in [2.75, 3.05) is 5.32 Å². The Morgan fingerprint density at radius 3 is 2.76 bits per heavy atom. The number of carbonyl (C=O) groups is 1. The molecule has 3 N–H and O–H groups in total. The number of hydrogen-bond donors (Lipinski definition) is 2. The van der Waals surface area contributed by atoms with E-state index in [-0.39, 0.29) is 29.1 Å². The van der Waals surface area contributed by atoms with E-state index in [2.05, 4.69) is 5.32 Å². The molecule has 92 valence electrons. The molecule has 6 nitrogen and oxygen atoms in total. The maximum absolute atomic E-state index is 11.4. The van der Waals surface area contributed by atoms with Gasteiger partial charge in [-0.25, -0.2) is 0 Å². The standard InChI is InChI=1S/C10H12ClN3O3/c1-6(12)4-10(15)13-9-3-2-7(14(16)17)5-8(9)11/h2-3,5-6H,4,12H2,1H3,(H,13,15). The Morgan fingerprint density at radius 2 is 2.29 bits per heavy atom. The number of rotatable bonds is 4. The Kier molecular flexibility index (Phi) is 4.42. The number of halogens is 1. The molecule has 1 rings (SSSR count). The maximum atomic E-state index is 11.4. The van der Waals surface area contributed by atoms with Gasteiger partial charge < -0.3 is 11.1 Å². The van der Waals surface area contributed by atoms with Gasteiger partial charge in [0, 0.05) is 24.6 Å². The highest BCUT2D eigenvalue weighted by molar-refractivity contribution is 6.33. The molecule has 7 heteroatoms. The summed E-state index contributed by atoms with van der Waals surface area (Å²) in [5.41, 5.74) is 5.68. The average molecular weight is 258 g/mol. The molecule has 0 aliphatic carbocycles. The highest BCUT2D eigenvalue weighted by atomic mass is 35.5. The second-order valence-corrected chi connectivity index (χ2v) is 4.06. The molecule has 0 aliphatic rings. The lowest BCUT2D eigenvalue weighted by Crippen LogP contribution is -2.24. The van der Waals surface area contributed by atoms with Gasteiger partial charge in [0.25, 0.3) is 5.69 Å². The van der Waals surface area contributed by atoms with Gasteiger partial charge in [0.05, 0.1) is 15.6 Å². The van der Waals surface area contributed by atoms with E-state index >= 15 is 0 Å². The fraction of sp³-hybridized carbons (Fsp3) is 0.300. The van der Waals surface area contributed by atoms with E-state index < -0.39 is 4.92 Å². The van der Waals surface area contributed by atoms with Crippen LogP contribution < -0.4 is 11.1 Å². The Morgan fingerprint density at radius 1 is 1.65 bits per heavy atom. The lowest BCUT2D eigenvalue weighted by molar-refractivity contribution is -0.384. The van der Waals surface area contributed by atoms with Crippen LogP contribution in [0.5, 0.6) is 0 Å². The number of non-ortho nitro benzene ring substituents is 1. The van der Waals surface area contributed by atoms with Crippen LogP contribution in [-0.2, 0) is 4.79 Å². The molecule has 17 heavy (non-hydrogen) atoms.